The molecule has 48 heavy (non-hydrogen) atoms. The largest absolute Gasteiger partial charge is 0.497 e. The van der Waals surface area contributed by atoms with Crippen molar-refractivity contribution in [3.63, 3.8) is 0 Å². The Hall–Kier alpha value is -4.16. The first-order valence-electron chi connectivity index (χ1n) is 16.1. The monoisotopic (exact) mass is 678 g/mol. The third-order valence-electron chi connectivity index (χ3n) is 8.43. The number of carboxylic acids is 2. The van der Waals surface area contributed by atoms with Crippen LogP contribution in [0.3, 0.4) is 0 Å². The standard InChI is InChI=1S/C37H47N2O8P/c1-26(2)39(27(3)4)48(44,24-14-22-38)23-13-19-32(34(35(40)41)36(42)43)47-37(28-15-9-7-10-16-28,29-17-11-8-12-18-29)31-21-20-30(45-5)25-33(31)46-6/h7-12,15-18,20-21,25-27,32,34H,13-14,19,23-24H2,1-6H3,(H,40,41)(H,42,43). The molecular weight excluding hydrogens is 631 g/mol. The molecule has 0 saturated carbocycles. The number of nitriles is 1. The van der Waals surface area contributed by atoms with Gasteiger partial charge < -0.3 is 29.0 Å². The van der Waals surface area contributed by atoms with E-state index >= 15 is 0 Å². The Kier molecular flexibility index (Phi) is 13.8. The van der Waals surface area contributed by atoms with Crippen molar-refractivity contribution in [3.8, 4) is 17.6 Å². The maximum atomic E-state index is 14.5. The second-order valence-corrected chi connectivity index (χ2v) is 15.3. The number of nitrogens with zero attached hydrogens (tertiary/aromatic N) is 2. The highest BCUT2D eigenvalue weighted by Gasteiger charge is 2.47. The molecule has 3 rings (SSSR count). The average molecular weight is 679 g/mol. The predicted molar refractivity (Wildman–Crippen MR) is 185 cm³/mol. The van der Waals surface area contributed by atoms with Crippen LogP contribution in [0.2, 0.25) is 0 Å². The van der Waals surface area contributed by atoms with E-state index in [-0.39, 0.29) is 43.7 Å². The smallest absolute Gasteiger partial charge is 0.320 e. The average Bonchev–Trinajstić information content (AvgIpc) is 3.06. The molecule has 0 radical (unpaired) electrons. The molecule has 258 valence electrons. The van der Waals surface area contributed by atoms with Gasteiger partial charge in [-0.2, -0.15) is 5.26 Å². The van der Waals surface area contributed by atoms with Gasteiger partial charge in [0, 0.05) is 42.5 Å². The van der Waals surface area contributed by atoms with Crippen LogP contribution in [-0.2, 0) is 24.5 Å². The van der Waals surface area contributed by atoms with Gasteiger partial charge in [-0.15, -0.1) is 0 Å². The van der Waals surface area contributed by atoms with Crippen molar-refractivity contribution in [2.75, 3.05) is 26.5 Å². The second-order valence-electron chi connectivity index (χ2n) is 12.2. The van der Waals surface area contributed by atoms with E-state index in [9.17, 15) is 29.6 Å². The molecule has 2 atom stereocenters. The van der Waals surface area contributed by atoms with Gasteiger partial charge in [-0.1, -0.05) is 60.7 Å². The number of benzene rings is 3. The minimum Gasteiger partial charge on any atom is -0.497 e. The third kappa shape index (κ3) is 8.65. The third-order valence-corrected chi connectivity index (χ3v) is 12.1. The Balaban J connectivity index is 2.26. The summed E-state index contributed by atoms with van der Waals surface area (Å²) in [5, 5.41) is 30.0. The minimum atomic E-state index is -3.11. The topological polar surface area (TPSA) is 146 Å². The molecule has 0 bridgehead atoms. The summed E-state index contributed by atoms with van der Waals surface area (Å²) < 4.78 is 34.8. The minimum absolute atomic E-state index is 0.0380. The zero-order valence-electron chi connectivity index (χ0n) is 28.5. The van der Waals surface area contributed by atoms with Crippen LogP contribution >= 0.6 is 7.29 Å². The lowest BCUT2D eigenvalue weighted by atomic mass is 9.78. The van der Waals surface area contributed by atoms with Crippen LogP contribution in [0.5, 0.6) is 11.5 Å². The van der Waals surface area contributed by atoms with Crippen LogP contribution < -0.4 is 9.47 Å². The lowest BCUT2D eigenvalue weighted by Gasteiger charge is -2.41. The maximum Gasteiger partial charge on any atom is 0.320 e. The summed E-state index contributed by atoms with van der Waals surface area (Å²) in [6.07, 6.45) is -0.797. The Morgan fingerprint density at radius 2 is 1.40 bits per heavy atom. The van der Waals surface area contributed by atoms with Crippen LogP contribution in [0.15, 0.2) is 78.9 Å². The number of aliphatic carboxylic acids is 2. The van der Waals surface area contributed by atoms with Crippen LogP contribution in [0, 0.1) is 17.2 Å². The summed E-state index contributed by atoms with van der Waals surface area (Å²) in [6, 6.07) is 25.5. The normalized spacial score (nSPS) is 13.7. The molecule has 2 N–H and O–H groups in total. The molecule has 11 heteroatoms. The number of hydrogen-bond donors (Lipinski definition) is 2. The molecule has 0 saturated heterocycles. The first kappa shape index (κ1) is 38.3. The molecule has 2 unspecified atom stereocenters. The van der Waals surface area contributed by atoms with Gasteiger partial charge in [-0.3, -0.25) is 9.59 Å². The van der Waals surface area contributed by atoms with Gasteiger partial charge in [0.25, 0.3) is 0 Å². The SMILES string of the molecule is COc1ccc(C(OC(CCCP(=O)(CCC#N)N(C(C)C)C(C)C)C(C(=O)O)C(=O)O)(c2ccccc2)c2ccccc2)c(OC)c1. The number of methoxy groups -OCH3 is 2. The Morgan fingerprint density at radius 1 is 0.854 bits per heavy atom. The number of hydrogen-bond acceptors (Lipinski definition) is 7. The molecule has 0 aliphatic rings. The fourth-order valence-corrected chi connectivity index (χ4v) is 10.1. The Bertz CT molecular complexity index is 1530. The first-order chi connectivity index (χ1) is 22.9. The zero-order chi connectivity index (χ0) is 35.5. The Labute approximate surface area is 283 Å². The van der Waals surface area contributed by atoms with Gasteiger partial charge in [0.15, 0.2) is 13.2 Å². The summed E-state index contributed by atoms with van der Waals surface area (Å²) in [7, 11) is -0.0813. The highest BCUT2D eigenvalue weighted by Crippen LogP contribution is 2.54. The molecule has 0 fully saturated rings. The van der Waals surface area contributed by atoms with E-state index in [2.05, 4.69) is 6.07 Å². The molecule has 0 amide bonds. The molecule has 0 aliphatic heterocycles. The number of carbonyl (C=O) groups is 2. The summed E-state index contributed by atoms with van der Waals surface area (Å²) in [5.74, 6) is -4.16. The van der Waals surface area contributed by atoms with E-state index in [4.69, 9.17) is 14.2 Å². The van der Waals surface area contributed by atoms with Crippen molar-refractivity contribution in [3.05, 3.63) is 95.6 Å². The molecule has 3 aromatic carbocycles. The Morgan fingerprint density at radius 3 is 1.83 bits per heavy atom. The van der Waals surface area contributed by atoms with Gasteiger partial charge >= 0.3 is 11.9 Å². The summed E-state index contributed by atoms with van der Waals surface area (Å²) >= 11 is 0. The van der Waals surface area contributed by atoms with Crippen LogP contribution in [0.1, 0.15) is 63.6 Å². The van der Waals surface area contributed by atoms with Crippen LogP contribution in [0.25, 0.3) is 0 Å². The zero-order valence-corrected chi connectivity index (χ0v) is 29.4. The van der Waals surface area contributed by atoms with E-state index in [0.717, 1.165) is 0 Å². The van der Waals surface area contributed by atoms with Crippen molar-refractivity contribution in [2.45, 2.75) is 70.7 Å². The molecule has 0 aliphatic carbocycles. The quantitative estimate of drug-likeness (QED) is 0.0755. The van der Waals surface area contributed by atoms with Gasteiger partial charge in [-0.25, -0.2) is 4.67 Å². The van der Waals surface area contributed by atoms with E-state index in [1.807, 2.05) is 93.0 Å². The van der Waals surface area contributed by atoms with Gasteiger partial charge in [0.2, 0.25) is 0 Å². The van der Waals surface area contributed by atoms with Crippen molar-refractivity contribution in [1.29, 1.82) is 5.26 Å². The van der Waals surface area contributed by atoms with Crippen molar-refractivity contribution in [1.82, 2.24) is 4.67 Å². The van der Waals surface area contributed by atoms with Gasteiger partial charge in [-0.05, 0) is 63.8 Å². The van der Waals surface area contributed by atoms with Gasteiger partial charge in [0.05, 0.1) is 26.4 Å². The fraction of sp³-hybridized carbons (Fsp3) is 0.432. The van der Waals surface area contributed by atoms with E-state index in [1.165, 1.54) is 14.2 Å². The lowest BCUT2D eigenvalue weighted by molar-refractivity contribution is -0.167. The predicted octanol–water partition coefficient (Wildman–Crippen LogP) is 7.26. The van der Waals surface area contributed by atoms with Crippen LogP contribution in [0.4, 0.5) is 0 Å². The molecule has 0 spiro atoms. The highest BCUT2D eigenvalue weighted by atomic mass is 31.2. The van der Waals surface area contributed by atoms with Crippen molar-refractivity contribution in [2.24, 2.45) is 5.92 Å². The molecular formula is C37H47N2O8P. The molecule has 0 heterocycles. The summed E-state index contributed by atoms with van der Waals surface area (Å²) in [5.41, 5.74) is 0.197. The number of rotatable bonds is 19. The number of ether oxygens (including phenoxy) is 3. The van der Waals surface area contributed by atoms with Crippen molar-refractivity contribution < 1.29 is 38.6 Å². The van der Waals surface area contributed by atoms with Crippen molar-refractivity contribution >= 4 is 19.2 Å². The highest BCUT2D eigenvalue weighted by molar-refractivity contribution is 7.61. The maximum absolute atomic E-state index is 14.5. The van der Waals surface area contributed by atoms with E-state index < -0.39 is 36.9 Å². The summed E-state index contributed by atoms with van der Waals surface area (Å²) in [6.45, 7) is 7.80. The lowest BCUT2D eigenvalue weighted by Crippen LogP contribution is -2.44. The first-order valence-corrected chi connectivity index (χ1v) is 18.1. The van der Waals surface area contributed by atoms with E-state index in [1.54, 1.807) is 18.2 Å². The summed E-state index contributed by atoms with van der Waals surface area (Å²) in [4.78, 5) is 25.3. The molecule has 3 aromatic rings. The molecule has 10 nitrogen and oxygen atoms in total. The van der Waals surface area contributed by atoms with Gasteiger partial charge in [0.1, 0.15) is 17.1 Å². The fourth-order valence-electron chi connectivity index (χ4n) is 6.60. The number of carboxylic acid groups (broad SMARTS) is 2. The molecule has 0 aromatic heterocycles. The second kappa shape index (κ2) is 17.3. The van der Waals surface area contributed by atoms with E-state index in [0.29, 0.717) is 28.2 Å². The van der Waals surface area contributed by atoms with Crippen LogP contribution in [-0.4, -0.2) is 71.6 Å².